The number of anilines is 1. The molecule has 0 spiro atoms. The Morgan fingerprint density at radius 2 is 2.00 bits per heavy atom. The lowest BCUT2D eigenvalue weighted by atomic mass is 9.77. The van der Waals surface area contributed by atoms with Crippen LogP contribution in [-0.2, 0) is 5.88 Å². The van der Waals surface area contributed by atoms with Crippen LogP contribution in [0, 0.1) is 18.3 Å². The molecule has 0 amide bonds. The number of aryl methyl sites for hydroxylation is 1. The second-order valence-electron chi connectivity index (χ2n) is 7.03. The zero-order valence-electron chi connectivity index (χ0n) is 13.2. The highest BCUT2D eigenvalue weighted by Gasteiger charge is 2.27. The van der Waals surface area contributed by atoms with Crippen molar-refractivity contribution in [1.29, 1.82) is 0 Å². The molecular formula is C17H27ClN2. The highest BCUT2D eigenvalue weighted by molar-refractivity contribution is 6.17. The Labute approximate surface area is 128 Å². The summed E-state index contributed by atoms with van der Waals surface area (Å²) in [5.74, 6) is 2.48. The maximum Gasteiger partial charge on any atom is 0.128 e. The molecule has 1 aromatic rings. The van der Waals surface area contributed by atoms with Gasteiger partial charge in [0.15, 0.2) is 0 Å². The molecule has 2 rings (SSSR count). The van der Waals surface area contributed by atoms with Crippen LogP contribution in [0.3, 0.4) is 0 Å². The van der Waals surface area contributed by atoms with Gasteiger partial charge in [-0.15, -0.1) is 11.6 Å². The van der Waals surface area contributed by atoms with Crippen molar-refractivity contribution in [2.24, 2.45) is 11.3 Å². The molecule has 1 fully saturated rings. The van der Waals surface area contributed by atoms with Gasteiger partial charge < -0.3 is 4.90 Å². The molecule has 1 aromatic heterocycles. The summed E-state index contributed by atoms with van der Waals surface area (Å²) in [4.78, 5) is 7.18. The van der Waals surface area contributed by atoms with Gasteiger partial charge in [0.05, 0.1) is 0 Å². The van der Waals surface area contributed by atoms with Crippen LogP contribution in [0.15, 0.2) is 12.1 Å². The van der Waals surface area contributed by atoms with Crippen LogP contribution >= 0.6 is 11.6 Å². The molecule has 1 unspecified atom stereocenters. The van der Waals surface area contributed by atoms with Crippen LogP contribution < -0.4 is 4.90 Å². The summed E-state index contributed by atoms with van der Waals surface area (Å²) in [7, 11) is 0. The number of rotatable bonds is 2. The molecule has 2 nitrogen and oxygen atoms in total. The minimum Gasteiger partial charge on any atom is -0.357 e. The zero-order chi connectivity index (χ0) is 14.8. The Morgan fingerprint density at radius 3 is 2.60 bits per heavy atom. The standard InChI is InChI=1S/C17H27ClN2/c1-13-14(12-18)7-8-16(19-13)20-10-5-6-15(9-11-20)17(2,3)4/h7-8,15H,5-6,9-12H2,1-4H3. The van der Waals surface area contributed by atoms with Crippen LogP contribution in [0.5, 0.6) is 0 Å². The fourth-order valence-corrected chi connectivity index (χ4v) is 3.37. The Hall–Kier alpha value is -0.760. The summed E-state index contributed by atoms with van der Waals surface area (Å²) >= 11 is 5.91. The molecule has 0 radical (unpaired) electrons. The molecule has 1 atom stereocenters. The van der Waals surface area contributed by atoms with Crippen LogP contribution in [0.25, 0.3) is 0 Å². The molecule has 112 valence electrons. The zero-order valence-corrected chi connectivity index (χ0v) is 14.0. The second-order valence-corrected chi connectivity index (χ2v) is 7.30. The largest absolute Gasteiger partial charge is 0.357 e. The molecule has 3 heteroatoms. The summed E-state index contributed by atoms with van der Waals surface area (Å²) < 4.78 is 0. The summed E-state index contributed by atoms with van der Waals surface area (Å²) in [5, 5.41) is 0. The molecule has 2 heterocycles. The summed E-state index contributed by atoms with van der Waals surface area (Å²) in [6, 6.07) is 4.25. The van der Waals surface area contributed by atoms with Crippen LogP contribution in [0.1, 0.15) is 51.3 Å². The Morgan fingerprint density at radius 1 is 1.25 bits per heavy atom. The molecule has 0 aliphatic carbocycles. The fraction of sp³-hybridized carbons (Fsp3) is 0.706. The molecule has 1 saturated heterocycles. The minimum absolute atomic E-state index is 0.418. The van der Waals surface area contributed by atoms with Crippen molar-refractivity contribution in [1.82, 2.24) is 4.98 Å². The Kier molecular flexibility index (Phi) is 4.95. The first-order valence-electron chi connectivity index (χ1n) is 7.69. The predicted octanol–water partition coefficient (Wildman–Crippen LogP) is 4.78. The van der Waals surface area contributed by atoms with E-state index in [-0.39, 0.29) is 0 Å². The van der Waals surface area contributed by atoms with Crippen molar-refractivity contribution in [2.75, 3.05) is 18.0 Å². The van der Waals surface area contributed by atoms with Gasteiger partial charge in [0.2, 0.25) is 0 Å². The van der Waals surface area contributed by atoms with E-state index >= 15 is 0 Å². The number of aromatic nitrogens is 1. The SMILES string of the molecule is Cc1nc(N2CCCC(C(C)(C)C)CC2)ccc1CCl. The van der Waals surface area contributed by atoms with Crippen molar-refractivity contribution in [3.8, 4) is 0 Å². The molecule has 1 aliphatic heterocycles. The van der Waals surface area contributed by atoms with Gasteiger partial charge >= 0.3 is 0 Å². The Balaban J connectivity index is 2.09. The van der Waals surface area contributed by atoms with Crippen molar-refractivity contribution in [3.63, 3.8) is 0 Å². The lowest BCUT2D eigenvalue weighted by Crippen LogP contribution is -2.27. The third kappa shape index (κ3) is 3.66. The van der Waals surface area contributed by atoms with E-state index in [9.17, 15) is 0 Å². The molecule has 1 aliphatic rings. The van der Waals surface area contributed by atoms with Crippen molar-refractivity contribution >= 4 is 17.4 Å². The number of nitrogens with zero attached hydrogens (tertiary/aromatic N) is 2. The van der Waals surface area contributed by atoms with Gasteiger partial charge in [0.25, 0.3) is 0 Å². The predicted molar refractivity (Wildman–Crippen MR) is 87.5 cm³/mol. The van der Waals surface area contributed by atoms with E-state index in [4.69, 9.17) is 16.6 Å². The van der Waals surface area contributed by atoms with E-state index in [1.165, 1.54) is 19.3 Å². The van der Waals surface area contributed by atoms with Gasteiger partial charge in [0, 0.05) is 24.7 Å². The summed E-state index contributed by atoms with van der Waals surface area (Å²) in [6.07, 6.45) is 3.86. The average Bonchev–Trinajstić information content (AvgIpc) is 2.63. The number of hydrogen-bond acceptors (Lipinski definition) is 2. The van der Waals surface area contributed by atoms with E-state index in [2.05, 4.69) is 44.7 Å². The topological polar surface area (TPSA) is 16.1 Å². The van der Waals surface area contributed by atoms with Gasteiger partial charge in [0.1, 0.15) is 5.82 Å². The molecule has 0 bridgehead atoms. The highest BCUT2D eigenvalue weighted by Crippen LogP contribution is 2.35. The van der Waals surface area contributed by atoms with E-state index in [1.54, 1.807) is 0 Å². The quantitative estimate of drug-likeness (QED) is 0.730. The maximum absolute atomic E-state index is 5.91. The first-order chi connectivity index (χ1) is 9.41. The summed E-state index contributed by atoms with van der Waals surface area (Å²) in [6.45, 7) is 11.4. The third-order valence-electron chi connectivity index (χ3n) is 4.60. The van der Waals surface area contributed by atoms with E-state index < -0.39 is 0 Å². The monoisotopic (exact) mass is 294 g/mol. The lowest BCUT2D eigenvalue weighted by molar-refractivity contribution is 0.220. The van der Waals surface area contributed by atoms with Gasteiger partial charge in [-0.05, 0) is 49.1 Å². The number of pyridine rings is 1. The maximum atomic E-state index is 5.91. The Bertz CT molecular complexity index is 451. The van der Waals surface area contributed by atoms with Gasteiger partial charge in [-0.2, -0.15) is 0 Å². The third-order valence-corrected chi connectivity index (χ3v) is 4.89. The minimum atomic E-state index is 0.418. The fourth-order valence-electron chi connectivity index (χ4n) is 3.09. The van der Waals surface area contributed by atoms with Crippen molar-refractivity contribution < 1.29 is 0 Å². The molecule has 0 N–H and O–H groups in total. The average molecular weight is 295 g/mol. The number of alkyl halides is 1. The normalized spacial score (nSPS) is 20.9. The van der Waals surface area contributed by atoms with Gasteiger partial charge in [-0.3, -0.25) is 0 Å². The lowest BCUT2D eigenvalue weighted by Gasteiger charge is -2.30. The summed E-state index contributed by atoms with van der Waals surface area (Å²) in [5.41, 5.74) is 2.62. The second kappa shape index (κ2) is 6.34. The first-order valence-corrected chi connectivity index (χ1v) is 8.22. The first kappa shape index (κ1) is 15.6. The molecule has 0 saturated carbocycles. The molecule has 20 heavy (non-hydrogen) atoms. The number of halogens is 1. The van der Waals surface area contributed by atoms with E-state index in [0.717, 1.165) is 36.1 Å². The molecule has 0 aromatic carbocycles. The van der Waals surface area contributed by atoms with E-state index in [0.29, 0.717) is 11.3 Å². The number of hydrogen-bond donors (Lipinski definition) is 0. The van der Waals surface area contributed by atoms with Crippen LogP contribution in [0.2, 0.25) is 0 Å². The smallest absolute Gasteiger partial charge is 0.128 e. The van der Waals surface area contributed by atoms with Crippen molar-refractivity contribution in [3.05, 3.63) is 23.4 Å². The van der Waals surface area contributed by atoms with Crippen LogP contribution in [0.4, 0.5) is 5.82 Å². The van der Waals surface area contributed by atoms with Crippen molar-refractivity contribution in [2.45, 2.75) is 52.8 Å². The molecular weight excluding hydrogens is 268 g/mol. The highest BCUT2D eigenvalue weighted by atomic mass is 35.5. The van der Waals surface area contributed by atoms with Crippen LogP contribution in [-0.4, -0.2) is 18.1 Å². The van der Waals surface area contributed by atoms with Gasteiger partial charge in [-0.25, -0.2) is 4.98 Å². The van der Waals surface area contributed by atoms with E-state index in [1.807, 2.05) is 0 Å². The van der Waals surface area contributed by atoms with Gasteiger partial charge in [-0.1, -0.05) is 26.8 Å².